The molecule has 5 nitrogen and oxygen atoms in total. The number of benzene rings is 1. The molecule has 0 radical (unpaired) electrons. The first-order valence-corrected chi connectivity index (χ1v) is 8.66. The van der Waals surface area contributed by atoms with Gasteiger partial charge in [-0.25, -0.2) is 17.2 Å². The minimum Gasteiger partial charge on any atom is -0.351 e. The number of carbonyl (C=O) groups excluding carboxylic acids is 1. The van der Waals surface area contributed by atoms with Crippen LogP contribution in [0.1, 0.15) is 18.9 Å². The summed E-state index contributed by atoms with van der Waals surface area (Å²) >= 11 is 5.67. The van der Waals surface area contributed by atoms with E-state index in [4.69, 9.17) is 11.6 Å². The zero-order chi connectivity index (χ0) is 16.5. The summed E-state index contributed by atoms with van der Waals surface area (Å²) in [5.41, 5.74) is 0.220. The molecule has 1 aliphatic rings. The normalized spacial score (nSPS) is 21.0. The van der Waals surface area contributed by atoms with Gasteiger partial charge < -0.3 is 5.32 Å². The van der Waals surface area contributed by atoms with Gasteiger partial charge in [-0.15, -0.1) is 0 Å². The van der Waals surface area contributed by atoms with Crippen molar-refractivity contribution in [2.24, 2.45) is 0 Å². The van der Waals surface area contributed by atoms with Crippen molar-refractivity contribution in [2.75, 3.05) is 12.3 Å². The second-order valence-corrected chi connectivity index (χ2v) is 7.30. The Morgan fingerprint density at radius 3 is 2.77 bits per heavy atom. The van der Waals surface area contributed by atoms with Crippen LogP contribution in [0.15, 0.2) is 12.1 Å². The quantitative estimate of drug-likeness (QED) is 0.838. The van der Waals surface area contributed by atoms with E-state index in [1.165, 1.54) is 6.07 Å². The maximum atomic E-state index is 13.3. The lowest BCUT2D eigenvalue weighted by molar-refractivity contribution is -0.124. The summed E-state index contributed by atoms with van der Waals surface area (Å²) in [4.78, 5) is 12.1. The number of halogens is 3. The molecule has 0 unspecified atom stereocenters. The summed E-state index contributed by atoms with van der Waals surface area (Å²) < 4.78 is 50.9. The van der Waals surface area contributed by atoms with E-state index in [1.54, 1.807) is 6.92 Å². The predicted molar refractivity (Wildman–Crippen MR) is 77.8 cm³/mol. The standard InChI is InChI=1S/C13H15ClF2N2O3S/c1-2-18-10(5-6-22(18,20)21)13(19)17-7-8-3-4-9(15)12(16)11(8)14/h3-4,10H,2,5-7H2,1H3,(H,17,19)/t10-/m0/s1. The fraction of sp³-hybridized carbons (Fsp3) is 0.462. The highest BCUT2D eigenvalue weighted by Crippen LogP contribution is 2.23. The van der Waals surface area contributed by atoms with E-state index in [2.05, 4.69) is 5.32 Å². The third-order valence-electron chi connectivity index (χ3n) is 3.54. The van der Waals surface area contributed by atoms with Crippen LogP contribution in [0.3, 0.4) is 0 Å². The van der Waals surface area contributed by atoms with Gasteiger partial charge in [-0.1, -0.05) is 24.6 Å². The third kappa shape index (κ3) is 3.23. The number of nitrogens with zero attached hydrogens (tertiary/aromatic N) is 1. The van der Waals surface area contributed by atoms with Crippen LogP contribution in [-0.4, -0.2) is 37.0 Å². The van der Waals surface area contributed by atoms with Crippen LogP contribution in [0, 0.1) is 11.6 Å². The molecule has 2 rings (SSSR count). The monoisotopic (exact) mass is 352 g/mol. The number of hydrogen-bond acceptors (Lipinski definition) is 3. The Morgan fingerprint density at radius 2 is 2.14 bits per heavy atom. The molecule has 1 aliphatic heterocycles. The Hall–Kier alpha value is -1.25. The Kier molecular flexibility index (Phi) is 5.03. The fourth-order valence-electron chi connectivity index (χ4n) is 2.40. The molecule has 9 heteroatoms. The molecule has 1 fully saturated rings. The Balaban J connectivity index is 2.07. The van der Waals surface area contributed by atoms with Crippen molar-refractivity contribution in [3.8, 4) is 0 Å². The van der Waals surface area contributed by atoms with Gasteiger partial charge in [0.25, 0.3) is 0 Å². The van der Waals surface area contributed by atoms with Crippen molar-refractivity contribution in [1.29, 1.82) is 0 Å². The molecule has 1 heterocycles. The van der Waals surface area contributed by atoms with Crippen LogP contribution in [0.4, 0.5) is 8.78 Å². The lowest BCUT2D eigenvalue weighted by Crippen LogP contribution is -2.44. The molecule has 1 amide bonds. The maximum Gasteiger partial charge on any atom is 0.238 e. The van der Waals surface area contributed by atoms with Crippen LogP contribution in [-0.2, 0) is 21.4 Å². The molecule has 0 aromatic heterocycles. The Morgan fingerprint density at radius 1 is 1.45 bits per heavy atom. The molecule has 1 aromatic carbocycles. The van der Waals surface area contributed by atoms with E-state index in [-0.39, 0.29) is 30.8 Å². The van der Waals surface area contributed by atoms with Gasteiger partial charge in [-0.3, -0.25) is 4.79 Å². The van der Waals surface area contributed by atoms with E-state index < -0.39 is 38.6 Å². The van der Waals surface area contributed by atoms with E-state index in [0.717, 1.165) is 10.4 Å². The number of rotatable bonds is 4. The van der Waals surface area contributed by atoms with Crippen LogP contribution < -0.4 is 5.32 Å². The lowest BCUT2D eigenvalue weighted by atomic mass is 10.1. The number of hydrogen-bond donors (Lipinski definition) is 1. The first-order valence-electron chi connectivity index (χ1n) is 6.67. The first kappa shape index (κ1) is 17.1. The molecule has 1 aromatic rings. The van der Waals surface area contributed by atoms with Gasteiger partial charge in [0.1, 0.15) is 6.04 Å². The summed E-state index contributed by atoms with van der Waals surface area (Å²) in [5.74, 6) is -2.81. The second-order valence-electron chi connectivity index (χ2n) is 4.88. The average Bonchev–Trinajstić information content (AvgIpc) is 2.78. The number of likely N-dealkylation sites (N-methyl/N-ethyl adjacent to an activating group) is 1. The fourth-order valence-corrected chi connectivity index (χ4v) is 4.36. The van der Waals surface area contributed by atoms with E-state index in [1.807, 2.05) is 0 Å². The van der Waals surface area contributed by atoms with Gasteiger partial charge in [0.05, 0.1) is 10.8 Å². The molecule has 0 aliphatic carbocycles. The summed E-state index contributed by atoms with van der Waals surface area (Å²) in [6, 6.07) is 1.41. The highest BCUT2D eigenvalue weighted by atomic mass is 35.5. The van der Waals surface area contributed by atoms with Crippen molar-refractivity contribution in [2.45, 2.75) is 25.9 Å². The van der Waals surface area contributed by atoms with Crippen LogP contribution >= 0.6 is 11.6 Å². The molecular formula is C13H15ClF2N2O3S. The molecule has 1 saturated heterocycles. The number of amides is 1. The summed E-state index contributed by atoms with van der Waals surface area (Å²) in [5, 5.41) is 2.12. The zero-order valence-corrected chi connectivity index (χ0v) is 13.3. The Bertz CT molecular complexity index is 697. The minimum atomic E-state index is -3.40. The minimum absolute atomic E-state index is 0.0785. The zero-order valence-electron chi connectivity index (χ0n) is 11.8. The third-order valence-corrected chi connectivity index (χ3v) is 5.92. The molecule has 0 bridgehead atoms. The number of sulfonamides is 1. The molecule has 0 saturated carbocycles. The number of carbonyl (C=O) groups is 1. The Labute approximate surface area is 132 Å². The van der Waals surface area contributed by atoms with Gasteiger partial charge >= 0.3 is 0 Å². The number of nitrogens with one attached hydrogen (secondary N) is 1. The largest absolute Gasteiger partial charge is 0.351 e. The predicted octanol–water partition coefficient (Wildman–Crippen LogP) is 1.66. The van der Waals surface area contributed by atoms with Gasteiger partial charge in [0.2, 0.25) is 15.9 Å². The smallest absolute Gasteiger partial charge is 0.238 e. The van der Waals surface area contributed by atoms with Crippen LogP contribution in [0.2, 0.25) is 5.02 Å². The van der Waals surface area contributed by atoms with Crippen molar-refractivity contribution in [1.82, 2.24) is 9.62 Å². The van der Waals surface area contributed by atoms with Gasteiger partial charge in [0.15, 0.2) is 11.6 Å². The summed E-state index contributed by atoms with van der Waals surface area (Å²) in [7, 11) is -3.40. The van der Waals surface area contributed by atoms with Crippen molar-refractivity contribution in [3.05, 3.63) is 34.4 Å². The maximum absolute atomic E-state index is 13.3. The van der Waals surface area contributed by atoms with E-state index >= 15 is 0 Å². The SMILES string of the molecule is CCN1[C@H](C(=O)NCc2ccc(F)c(F)c2Cl)CCS1(=O)=O. The van der Waals surface area contributed by atoms with Crippen molar-refractivity contribution >= 4 is 27.5 Å². The molecule has 22 heavy (non-hydrogen) atoms. The lowest BCUT2D eigenvalue weighted by Gasteiger charge is -2.20. The highest BCUT2D eigenvalue weighted by molar-refractivity contribution is 7.89. The van der Waals surface area contributed by atoms with Crippen LogP contribution in [0.5, 0.6) is 0 Å². The van der Waals surface area contributed by atoms with Gasteiger partial charge in [0, 0.05) is 13.1 Å². The molecule has 0 spiro atoms. The molecule has 1 N–H and O–H groups in total. The van der Waals surface area contributed by atoms with Crippen LogP contribution in [0.25, 0.3) is 0 Å². The second kappa shape index (κ2) is 6.47. The first-order chi connectivity index (χ1) is 10.3. The van der Waals surface area contributed by atoms with Crippen molar-refractivity contribution < 1.29 is 22.0 Å². The molecule has 1 atom stereocenters. The van der Waals surface area contributed by atoms with Crippen molar-refractivity contribution in [3.63, 3.8) is 0 Å². The summed E-state index contributed by atoms with van der Waals surface area (Å²) in [6.07, 6.45) is 0.202. The van der Waals surface area contributed by atoms with E-state index in [9.17, 15) is 22.0 Å². The van der Waals surface area contributed by atoms with E-state index in [0.29, 0.717) is 0 Å². The summed E-state index contributed by atoms with van der Waals surface area (Å²) in [6.45, 7) is 1.74. The molecular weight excluding hydrogens is 338 g/mol. The average molecular weight is 353 g/mol. The van der Waals surface area contributed by atoms with Gasteiger partial charge in [-0.2, -0.15) is 4.31 Å². The molecule has 122 valence electrons. The van der Waals surface area contributed by atoms with Gasteiger partial charge in [-0.05, 0) is 18.1 Å². The highest BCUT2D eigenvalue weighted by Gasteiger charge is 2.40. The topological polar surface area (TPSA) is 66.5 Å².